The van der Waals surface area contributed by atoms with Gasteiger partial charge in [-0.25, -0.2) is 0 Å². The van der Waals surface area contributed by atoms with E-state index in [-0.39, 0.29) is 11.5 Å². The molecule has 0 aromatic carbocycles. The van der Waals surface area contributed by atoms with E-state index >= 15 is 0 Å². The van der Waals surface area contributed by atoms with Crippen LogP contribution in [0, 0.1) is 5.41 Å². The second kappa shape index (κ2) is 6.44. The van der Waals surface area contributed by atoms with E-state index in [1.165, 1.54) is 0 Å². The van der Waals surface area contributed by atoms with Crippen LogP contribution < -0.4 is 5.32 Å². The van der Waals surface area contributed by atoms with Crippen LogP contribution >= 0.6 is 0 Å². The van der Waals surface area contributed by atoms with E-state index in [0.29, 0.717) is 11.3 Å². The molecule has 1 aromatic rings. The first-order valence-corrected chi connectivity index (χ1v) is 8.02. The van der Waals surface area contributed by atoms with E-state index in [0.717, 1.165) is 44.6 Å². The summed E-state index contributed by atoms with van der Waals surface area (Å²) in [5.74, 6) is 1.64. The molecule has 0 saturated heterocycles. The Morgan fingerprint density at radius 3 is 2.52 bits per heavy atom. The average Bonchev–Trinajstić information content (AvgIpc) is 2.96. The van der Waals surface area contributed by atoms with E-state index in [9.17, 15) is 0 Å². The molecule has 1 aliphatic rings. The number of hydrogen-bond acceptors (Lipinski definition) is 5. The van der Waals surface area contributed by atoms with Gasteiger partial charge in [-0.15, -0.1) is 0 Å². The summed E-state index contributed by atoms with van der Waals surface area (Å²) in [5.41, 5.74) is 0.0160. The maximum absolute atomic E-state index is 5.83. The Morgan fingerprint density at radius 1 is 1.29 bits per heavy atom. The minimum atomic E-state index is -0.366. The third-order valence-electron chi connectivity index (χ3n) is 4.77. The number of likely N-dealkylation sites (N-methyl/N-ethyl adjacent to an activating group) is 1. The highest BCUT2D eigenvalue weighted by Crippen LogP contribution is 2.46. The molecular weight excluding hydrogens is 266 g/mol. The standard InChI is InChI=1S/C16H29N3O2/c1-6-17-11-12(2)13-18-14(19-21-13)16(20-5)9-7-15(3,4)8-10-16/h12,17H,6-11H2,1-5H3. The predicted molar refractivity (Wildman–Crippen MR) is 82.2 cm³/mol. The smallest absolute Gasteiger partial charge is 0.230 e. The molecule has 1 fully saturated rings. The Balaban J connectivity index is 2.11. The summed E-state index contributed by atoms with van der Waals surface area (Å²) < 4.78 is 11.3. The average molecular weight is 295 g/mol. The molecule has 0 radical (unpaired) electrons. The molecule has 120 valence electrons. The quantitative estimate of drug-likeness (QED) is 0.873. The monoisotopic (exact) mass is 295 g/mol. The lowest BCUT2D eigenvalue weighted by Gasteiger charge is -2.40. The van der Waals surface area contributed by atoms with Gasteiger partial charge in [0.25, 0.3) is 0 Å². The number of nitrogens with one attached hydrogen (secondary N) is 1. The summed E-state index contributed by atoms with van der Waals surface area (Å²) in [5, 5.41) is 7.53. The Kier molecular flexibility index (Phi) is 5.04. The van der Waals surface area contributed by atoms with Crippen molar-refractivity contribution in [1.29, 1.82) is 0 Å². The lowest BCUT2D eigenvalue weighted by Crippen LogP contribution is -2.37. The van der Waals surface area contributed by atoms with Crippen LogP contribution in [0.2, 0.25) is 0 Å². The van der Waals surface area contributed by atoms with Gasteiger partial charge in [-0.3, -0.25) is 0 Å². The SMILES string of the molecule is CCNCC(C)c1nc(C2(OC)CCC(C)(C)CC2)no1. The van der Waals surface area contributed by atoms with Crippen molar-refractivity contribution >= 4 is 0 Å². The molecule has 0 bridgehead atoms. The van der Waals surface area contributed by atoms with Gasteiger partial charge in [0.2, 0.25) is 11.7 Å². The molecule has 1 aromatic heterocycles. The summed E-state index contributed by atoms with van der Waals surface area (Å²) in [7, 11) is 1.76. The van der Waals surface area contributed by atoms with Crippen LogP contribution in [0.3, 0.4) is 0 Å². The van der Waals surface area contributed by atoms with Crippen molar-refractivity contribution in [3.8, 4) is 0 Å². The maximum atomic E-state index is 5.83. The fourth-order valence-corrected chi connectivity index (χ4v) is 2.92. The topological polar surface area (TPSA) is 60.2 Å². The van der Waals surface area contributed by atoms with Gasteiger partial charge in [0.1, 0.15) is 5.60 Å². The zero-order valence-corrected chi connectivity index (χ0v) is 14.0. The minimum absolute atomic E-state index is 0.222. The number of methoxy groups -OCH3 is 1. The molecule has 1 unspecified atom stereocenters. The van der Waals surface area contributed by atoms with E-state index in [1.807, 2.05) is 0 Å². The molecular formula is C16H29N3O2. The normalized spacial score (nSPS) is 22.1. The summed E-state index contributed by atoms with van der Waals surface area (Å²) in [6.07, 6.45) is 4.16. The van der Waals surface area contributed by atoms with E-state index in [1.54, 1.807) is 7.11 Å². The molecule has 5 heteroatoms. The van der Waals surface area contributed by atoms with Crippen molar-refractivity contribution in [3.05, 3.63) is 11.7 Å². The summed E-state index contributed by atoms with van der Waals surface area (Å²) >= 11 is 0. The second-order valence-corrected chi connectivity index (χ2v) is 7.03. The molecule has 1 N–H and O–H groups in total. The van der Waals surface area contributed by atoms with Crippen LogP contribution in [-0.2, 0) is 10.3 Å². The van der Waals surface area contributed by atoms with Gasteiger partial charge in [0, 0.05) is 19.6 Å². The van der Waals surface area contributed by atoms with Gasteiger partial charge in [0.05, 0.1) is 0 Å². The van der Waals surface area contributed by atoms with Gasteiger partial charge in [-0.2, -0.15) is 4.98 Å². The molecule has 1 aliphatic carbocycles. The number of ether oxygens (including phenoxy) is 1. The van der Waals surface area contributed by atoms with Crippen LogP contribution in [0.5, 0.6) is 0 Å². The lowest BCUT2D eigenvalue weighted by atomic mass is 9.70. The van der Waals surface area contributed by atoms with Gasteiger partial charge in [-0.05, 0) is 37.6 Å². The zero-order chi connectivity index (χ0) is 15.5. The van der Waals surface area contributed by atoms with E-state index < -0.39 is 0 Å². The van der Waals surface area contributed by atoms with Crippen molar-refractivity contribution < 1.29 is 9.26 Å². The maximum Gasteiger partial charge on any atom is 0.230 e. The third-order valence-corrected chi connectivity index (χ3v) is 4.77. The first-order chi connectivity index (χ1) is 9.92. The van der Waals surface area contributed by atoms with Crippen molar-refractivity contribution in [3.63, 3.8) is 0 Å². The Bertz CT molecular complexity index is 446. The lowest BCUT2D eigenvalue weighted by molar-refractivity contribution is -0.0740. The highest BCUT2D eigenvalue weighted by atomic mass is 16.5. The molecule has 21 heavy (non-hydrogen) atoms. The highest BCUT2D eigenvalue weighted by molar-refractivity contribution is 5.06. The molecule has 1 saturated carbocycles. The van der Waals surface area contributed by atoms with Gasteiger partial charge < -0.3 is 14.6 Å². The van der Waals surface area contributed by atoms with Crippen LogP contribution in [0.4, 0.5) is 0 Å². The fourth-order valence-electron chi connectivity index (χ4n) is 2.92. The van der Waals surface area contributed by atoms with Crippen molar-refractivity contribution in [2.75, 3.05) is 20.2 Å². The first-order valence-electron chi connectivity index (χ1n) is 8.02. The predicted octanol–water partition coefficient (Wildman–Crippen LogP) is 3.22. The van der Waals surface area contributed by atoms with Crippen LogP contribution in [-0.4, -0.2) is 30.3 Å². The number of rotatable bonds is 6. The van der Waals surface area contributed by atoms with Crippen molar-refractivity contribution in [2.24, 2.45) is 5.41 Å². The Hall–Kier alpha value is -0.940. The first kappa shape index (κ1) is 16.4. The van der Waals surface area contributed by atoms with Crippen molar-refractivity contribution in [2.45, 2.75) is 64.9 Å². The Morgan fingerprint density at radius 2 is 1.95 bits per heavy atom. The second-order valence-electron chi connectivity index (χ2n) is 7.03. The summed E-state index contributed by atoms with van der Waals surface area (Å²) in [4.78, 5) is 4.63. The third kappa shape index (κ3) is 3.64. The minimum Gasteiger partial charge on any atom is -0.370 e. The molecule has 0 spiro atoms. The molecule has 0 amide bonds. The van der Waals surface area contributed by atoms with E-state index in [2.05, 4.69) is 43.2 Å². The fraction of sp³-hybridized carbons (Fsp3) is 0.875. The summed E-state index contributed by atoms with van der Waals surface area (Å²) in [6, 6.07) is 0. The van der Waals surface area contributed by atoms with E-state index in [4.69, 9.17) is 9.26 Å². The molecule has 1 atom stereocenters. The Labute approximate surface area is 127 Å². The van der Waals surface area contributed by atoms with Crippen LogP contribution in [0.1, 0.15) is 71.0 Å². The van der Waals surface area contributed by atoms with Gasteiger partial charge in [0.15, 0.2) is 0 Å². The molecule has 2 rings (SSSR count). The number of aromatic nitrogens is 2. The number of nitrogens with zero attached hydrogens (tertiary/aromatic N) is 2. The zero-order valence-electron chi connectivity index (χ0n) is 14.0. The summed E-state index contributed by atoms with van der Waals surface area (Å²) in [6.45, 7) is 10.6. The highest BCUT2D eigenvalue weighted by Gasteiger charge is 2.43. The molecule has 0 aliphatic heterocycles. The molecule has 5 nitrogen and oxygen atoms in total. The van der Waals surface area contributed by atoms with Crippen molar-refractivity contribution in [1.82, 2.24) is 15.5 Å². The van der Waals surface area contributed by atoms with Crippen LogP contribution in [0.15, 0.2) is 4.52 Å². The molecule has 1 heterocycles. The largest absolute Gasteiger partial charge is 0.370 e. The van der Waals surface area contributed by atoms with Gasteiger partial charge >= 0.3 is 0 Å². The van der Waals surface area contributed by atoms with Crippen LogP contribution in [0.25, 0.3) is 0 Å². The van der Waals surface area contributed by atoms with Gasteiger partial charge in [-0.1, -0.05) is 32.9 Å². The number of hydrogen-bond donors (Lipinski definition) is 1.